The summed E-state index contributed by atoms with van der Waals surface area (Å²) in [6.07, 6.45) is 0. The van der Waals surface area contributed by atoms with Gasteiger partial charge in [0.15, 0.2) is 5.13 Å². The van der Waals surface area contributed by atoms with Gasteiger partial charge < -0.3 is 9.84 Å². The number of ether oxygens (including phenoxy) is 1. The summed E-state index contributed by atoms with van der Waals surface area (Å²) in [6, 6.07) is 13.2. The molecule has 4 rings (SSSR count). The Kier molecular flexibility index (Phi) is 6.67. The first-order valence-corrected chi connectivity index (χ1v) is 12.1. The highest BCUT2D eigenvalue weighted by atomic mass is 79.9. The van der Waals surface area contributed by atoms with Crippen LogP contribution in [-0.2, 0) is 14.3 Å². The summed E-state index contributed by atoms with van der Waals surface area (Å²) in [6.45, 7) is 5.45. The van der Waals surface area contributed by atoms with Crippen LogP contribution >= 0.6 is 27.3 Å². The second-order valence-electron chi connectivity index (χ2n) is 7.72. The van der Waals surface area contributed by atoms with Gasteiger partial charge in [-0.05, 0) is 38.5 Å². The number of benzene rings is 2. The molecule has 2 heterocycles. The fraction of sp³-hybridized carbons (Fsp3) is 0.200. The predicted molar refractivity (Wildman–Crippen MR) is 133 cm³/mol. The Hall–Kier alpha value is -3.30. The van der Waals surface area contributed by atoms with Crippen molar-refractivity contribution in [3.8, 4) is 0 Å². The highest BCUT2D eigenvalue weighted by molar-refractivity contribution is 9.10. The van der Waals surface area contributed by atoms with Crippen molar-refractivity contribution in [3.63, 3.8) is 0 Å². The van der Waals surface area contributed by atoms with Crippen molar-refractivity contribution in [2.24, 2.45) is 0 Å². The summed E-state index contributed by atoms with van der Waals surface area (Å²) < 4.78 is 5.84. The van der Waals surface area contributed by atoms with Crippen LogP contribution in [0.25, 0.3) is 5.76 Å². The van der Waals surface area contributed by atoms with Gasteiger partial charge in [0.05, 0.1) is 23.9 Å². The van der Waals surface area contributed by atoms with Crippen molar-refractivity contribution in [1.82, 2.24) is 4.98 Å². The Balaban J connectivity index is 1.91. The third-order valence-corrected chi connectivity index (χ3v) is 7.02. The Labute approximate surface area is 208 Å². The summed E-state index contributed by atoms with van der Waals surface area (Å²) in [5.74, 6) is -2.47. The fourth-order valence-electron chi connectivity index (χ4n) is 3.76. The summed E-state index contributed by atoms with van der Waals surface area (Å²) in [4.78, 5) is 44.7. The molecule has 1 fully saturated rings. The van der Waals surface area contributed by atoms with Gasteiger partial charge in [-0.1, -0.05) is 69.2 Å². The number of aliphatic hydroxyl groups excluding tert-OH is 1. The minimum Gasteiger partial charge on any atom is -0.507 e. The summed E-state index contributed by atoms with van der Waals surface area (Å²) >= 11 is 4.41. The zero-order valence-corrected chi connectivity index (χ0v) is 21.1. The molecule has 1 aliphatic heterocycles. The van der Waals surface area contributed by atoms with E-state index < -0.39 is 23.7 Å². The van der Waals surface area contributed by atoms with E-state index in [1.165, 1.54) is 4.90 Å². The molecule has 1 atom stereocenters. The lowest BCUT2D eigenvalue weighted by atomic mass is 9.95. The van der Waals surface area contributed by atoms with E-state index >= 15 is 0 Å². The molecule has 1 unspecified atom stereocenters. The van der Waals surface area contributed by atoms with Gasteiger partial charge in [0.25, 0.3) is 5.78 Å². The number of esters is 1. The van der Waals surface area contributed by atoms with E-state index in [-0.39, 0.29) is 27.9 Å². The summed E-state index contributed by atoms with van der Waals surface area (Å²) in [5, 5.41) is 11.3. The topological polar surface area (TPSA) is 96.8 Å². The van der Waals surface area contributed by atoms with Crippen LogP contribution in [0.15, 0.2) is 58.6 Å². The first kappa shape index (κ1) is 23.8. The highest BCUT2D eigenvalue weighted by Crippen LogP contribution is 2.44. The van der Waals surface area contributed by atoms with Gasteiger partial charge >= 0.3 is 11.9 Å². The second kappa shape index (κ2) is 9.52. The maximum Gasteiger partial charge on any atom is 0.350 e. The Morgan fingerprint density at radius 3 is 2.53 bits per heavy atom. The molecule has 0 saturated carbocycles. The monoisotopic (exact) mass is 540 g/mol. The Bertz CT molecular complexity index is 1330. The molecule has 1 aliphatic rings. The molecule has 174 valence electrons. The van der Waals surface area contributed by atoms with Crippen LogP contribution in [0, 0.1) is 13.8 Å². The largest absolute Gasteiger partial charge is 0.507 e. The summed E-state index contributed by atoms with van der Waals surface area (Å²) in [5.41, 5.74) is 2.37. The average molecular weight is 541 g/mol. The zero-order valence-electron chi connectivity index (χ0n) is 18.7. The minimum atomic E-state index is -0.931. The second-order valence-corrected chi connectivity index (χ2v) is 9.61. The number of aliphatic hydroxyl groups is 1. The molecule has 9 heteroatoms. The molecule has 2 aromatic carbocycles. The number of rotatable bonds is 5. The number of ketones is 1. The predicted octanol–water partition coefficient (Wildman–Crippen LogP) is 5.33. The van der Waals surface area contributed by atoms with Crippen molar-refractivity contribution in [1.29, 1.82) is 0 Å². The number of anilines is 1. The number of carbonyl (C=O) groups excluding carboxylic acids is 3. The number of amides is 1. The number of aromatic nitrogens is 1. The number of hydrogen-bond acceptors (Lipinski definition) is 7. The normalized spacial score (nSPS) is 17.3. The smallest absolute Gasteiger partial charge is 0.350 e. The lowest BCUT2D eigenvalue weighted by molar-refractivity contribution is -0.132. The van der Waals surface area contributed by atoms with Crippen LogP contribution in [0.1, 0.15) is 45.0 Å². The van der Waals surface area contributed by atoms with E-state index in [1.54, 1.807) is 44.2 Å². The molecule has 1 amide bonds. The van der Waals surface area contributed by atoms with Crippen molar-refractivity contribution in [3.05, 3.63) is 85.8 Å². The van der Waals surface area contributed by atoms with E-state index in [0.717, 1.165) is 21.4 Å². The lowest BCUT2D eigenvalue weighted by Crippen LogP contribution is -2.29. The molecule has 7 nitrogen and oxygen atoms in total. The molecular weight excluding hydrogens is 520 g/mol. The Morgan fingerprint density at radius 1 is 1.18 bits per heavy atom. The van der Waals surface area contributed by atoms with Crippen LogP contribution in [0.5, 0.6) is 0 Å². The Morgan fingerprint density at radius 2 is 1.88 bits per heavy atom. The quantitative estimate of drug-likeness (QED) is 0.203. The number of nitrogens with zero attached hydrogens (tertiary/aromatic N) is 2. The van der Waals surface area contributed by atoms with Gasteiger partial charge in [0, 0.05) is 10.0 Å². The van der Waals surface area contributed by atoms with Gasteiger partial charge in [-0.3, -0.25) is 14.5 Å². The molecule has 3 aromatic rings. The fourth-order valence-corrected chi connectivity index (χ4v) is 5.16. The third kappa shape index (κ3) is 4.28. The van der Waals surface area contributed by atoms with Crippen LogP contribution in [0.2, 0.25) is 0 Å². The summed E-state index contributed by atoms with van der Waals surface area (Å²) in [7, 11) is 0. The first-order valence-electron chi connectivity index (χ1n) is 10.5. The van der Waals surface area contributed by atoms with E-state index in [2.05, 4.69) is 20.9 Å². The van der Waals surface area contributed by atoms with Gasteiger partial charge in [0.1, 0.15) is 10.6 Å². The molecule has 0 aliphatic carbocycles. The van der Waals surface area contributed by atoms with Crippen molar-refractivity contribution in [2.45, 2.75) is 26.8 Å². The number of thiazole rings is 1. The molecule has 0 radical (unpaired) electrons. The molecule has 1 saturated heterocycles. The number of hydrogen-bond donors (Lipinski definition) is 1. The number of halogens is 1. The van der Waals surface area contributed by atoms with Crippen molar-refractivity contribution >= 4 is 55.8 Å². The SMILES string of the molecule is CCOC(=O)c1sc(N2C(=O)C(=O)/C(=C(/O)c3ccc(C)cc3)C2c2cccc(Br)c2)nc1C. The minimum absolute atomic E-state index is 0.0440. The van der Waals surface area contributed by atoms with E-state index in [9.17, 15) is 19.5 Å². The maximum absolute atomic E-state index is 13.3. The van der Waals surface area contributed by atoms with Crippen LogP contribution < -0.4 is 4.90 Å². The van der Waals surface area contributed by atoms with Gasteiger partial charge in [-0.2, -0.15) is 0 Å². The maximum atomic E-state index is 13.3. The van der Waals surface area contributed by atoms with Crippen molar-refractivity contribution in [2.75, 3.05) is 11.5 Å². The van der Waals surface area contributed by atoms with E-state index in [4.69, 9.17) is 4.74 Å². The molecular formula is C25H21BrN2O5S. The molecule has 1 aromatic heterocycles. The number of aryl methyl sites for hydroxylation is 2. The first-order chi connectivity index (χ1) is 16.2. The lowest BCUT2D eigenvalue weighted by Gasteiger charge is -2.23. The van der Waals surface area contributed by atoms with E-state index in [1.807, 2.05) is 25.1 Å². The molecule has 1 N–H and O–H groups in total. The molecule has 0 bridgehead atoms. The van der Waals surface area contributed by atoms with Gasteiger partial charge in [-0.15, -0.1) is 0 Å². The van der Waals surface area contributed by atoms with Crippen LogP contribution in [0.4, 0.5) is 5.13 Å². The van der Waals surface area contributed by atoms with E-state index in [0.29, 0.717) is 16.8 Å². The zero-order chi connectivity index (χ0) is 24.6. The van der Waals surface area contributed by atoms with Crippen LogP contribution in [-0.4, -0.2) is 34.4 Å². The third-order valence-electron chi connectivity index (χ3n) is 5.39. The molecule has 0 spiro atoms. The van der Waals surface area contributed by atoms with Gasteiger partial charge in [0.2, 0.25) is 0 Å². The molecule has 34 heavy (non-hydrogen) atoms. The van der Waals surface area contributed by atoms with Crippen molar-refractivity contribution < 1.29 is 24.2 Å². The highest BCUT2D eigenvalue weighted by Gasteiger charge is 2.48. The standard InChI is InChI=1S/C25H21BrN2O5S/c1-4-33-24(32)22-14(3)27-25(34-22)28-19(16-6-5-7-17(26)12-16)18(21(30)23(28)31)20(29)15-10-8-13(2)9-11-15/h5-12,19,29H,4H2,1-3H3/b20-18+. The average Bonchev–Trinajstić information content (AvgIpc) is 3.31. The number of carbonyl (C=O) groups is 3. The number of Topliss-reactive ketones (excluding diaryl/α,β-unsaturated/α-hetero) is 1. The van der Waals surface area contributed by atoms with Crippen LogP contribution in [0.3, 0.4) is 0 Å². The van der Waals surface area contributed by atoms with Gasteiger partial charge in [-0.25, -0.2) is 9.78 Å².